The Morgan fingerprint density at radius 1 is 0.595 bits per heavy atom. The van der Waals surface area contributed by atoms with Gasteiger partial charge in [-0.15, -0.1) is 0 Å². The van der Waals surface area contributed by atoms with Crippen LogP contribution in [0.25, 0.3) is 33.2 Å². The molecule has 19 nitrogen and oxygen atoms in total. The van der Waals surface area contributed by atoms with Crippen LogP contribution in [0.2, 0.25) is 0 Å². The summed E-state index contributed by atoms with van der Waals surface area (Å²) in [6.45, 7) is 19.8. The number of ether oxygens (including phenoxy) is 2. The van der Waals surface area contributed by atoms with E-state index in [1.807, 2.05) is 135 Å². The number of ketones is 1. The Balaban J connectivity index is 0.000000241. The number of fused-ring (bicyclic) bond motifs is 2. The molecule has 6 aromatic rings. The Morgan fingerprint density at radius 3 is 1.52 bits per heavy atom. The number of Topliss-reactive ketones (excluding diaryl/α,β-unsaturated/α-hetero) is 1. The van der Waals surface area contributed by atoms with Crippen LogP contribution in [0, 0.1) is 11.8 Å². The molecule has 5 N–H and O–H groups in total. The van der Waals surface area contributed by atoms with E-state index in [-0.39, 0.29) is 65.3 Å². The SMILES string of the molecule is CCOCCCCC(=O)c1cccc2c1ccn2-c1cncc([C@@H]2CCCN2C(=O)[C@@H](NC(=O)[C@H](C)NC)C(C)C)c1.CCOCCCNC(=O)c1cccc2c1ccn2-c1cncc([C@@H]2CCCN2C(=O)[C@@H](NC(=O)[C@H](C)NC)C(C)C)c1. The molecule has 0 bridgehead atoms. The van der Waals surface area contributed by atoms with Crippen LogP contribution in [0.4, 0.5) is 0 Å². The zero-order valence-corrected chi connectivity index (χ0v) is 50.9. The van der Waals surface area contributed by atoms with Crippen LogP contribution in [-0.4, -0.2) is 149 Å². The maximum Gasteiger partial charge on any atom is 0.251 e. The number of aromatic nitrogens is 4. The molecule has 0 aliphatic carbocycles. The Morgan fingerprint density at radius 2 is 1.06 bits per heavy atom. The topological polar surface area (TPSA) is 223 Å². The number of nitrogens with one attached hydrogen (secondary N) is 5. The number of benzene rings is 2. The summed E-state index contributed by atoms with van der Waals surface area (Å²) in [6, 6.07) is 17.4. The van der Waals surface area contributed by atoms with Crippen molar-refractivity contribution in [1.29, 1.82) is 0 Å². The summed E-state index contributed by atoms with van der Waals surface area (Å²) in [7, 11) is 3.45. The van der Waals surface area contributed by atoms with Gasteiger partial charge in [-0.25, -0.2) is 0 Å². The van der Waals surface area contributed by atoms with E-state index >= 15 is 0 Å². The van der Waals surface area contributed by atoms with E-state index in [4.69, 9.17) is 9.47 Å². The number of likely N-dealkylation sites (N-methyl/N-ethyl adjacent to an activating group) is 2. The first-order chi connectivity index (χ1) is 40.5. The zero-order valence-electron chi connectivity index (χ0n) is 50.9. The number of carbonyl (C=O) groups is 6. The molecule has 5 amide bonds. The summed E-state index contributed by atoms with van der Waals surface area (Å²) in [6.07, 6.45) is 17.5. The largest absolute Gasteiger partial charge is 0.382 e. The molecule has 6 atom stereocenters. The summed E-state index contributed by atoms with van der Waals surface area (Å²) < 4.78 is 14.8. The lowest BCUT2D eigenvalue weighted by atomic mass is 10.00. The summed E-state index contributed by atoms with van der Waals surface area (Å²) in [5, 5.41) is 16.6. The van der Waals surface area contributed by atoms with Gasteiger partial charge in [0.2, 0.25) is 23.6 Å². The Bertz CT molecular complexity index is 2980. The van der Waals surface area contributed by atoms with Gasteiger partial charge in [-0.05, 0) is 152 Å². The number of unbranched alkanes of at least 4 members (excludes halogenated alkanes) is 1. The Hall–Kier alpha value is -7.32. The molecule has 2 aliphatic heterocycles. The van der Waals surface area contributed by atoms with Gasteiger partial charge in [0.05, 0.1) is 59.0 Å². The summed E-state index contributed by atoms with van der Waals surface area (Å²) in [5.41, 5.74) is 6.82. The number of hydrogen-bond acceptors (Lipinski definition) is 12. The average molecular weight is 1150 g/mol. The average Bonchev–Trinajstić information content (AvgIpc) is 2.33. The van der Waals surface area contributed by atoms with Crippen LogP contribution in [0.3, 0.4) is 0 Å². The first kappa shape index (κ1) is 64.2. The monoisotopic (exact) mass is 1150 g/mol. The van der Waals surface area contributed by atoms with E-state index in [2.05, 4.69) is 53.3 Å². The van der Waals surface area contributed by atoms with Crippen molar-refractivity contribution >= 4 is 57.1 Å². The van der Waals surface area contributed by atoms with Gasteiger partial charge in [0, 0.05) is 99.2 Å². The smallest absolute Gasteiger partial charge is 0.251 e. The van der Waals surface area contributed by atoms with E-state index in [1.165, 1.54) is 0 Å². The first-order valence-electron chi connectivity index (χ1n) is 30.2. The van der Waals surface area contributed by atoms with Gasteiger partial charge in [0.1, 0.15) is 12.1 Å². The van der Waals surface area contributed by atoms with Crippen LogP contribution in [0.1, 0.15) is 151 Å². The van der Waals surface area contributed by atoms with Crippen molar-refractivity contribution in [1.82, 2.24) is 55.5 Å². The second kappa shape index (κ2) is 31.0. The normalized spacial score (nSPS) is 16.6. The lowest BCUT2D eigenvalue weighted by Crippen LogP contribution is -2.54. The van der Waals surface area contributed by atoms with Gasteiger partial charge in [0.25, 0.3) is 5.91 Å². The van der Waals surface area contributed by atoms with Crippen LogP contribution < -0.4 is 26.6 Å². The zero-order chi connectivity index (χ0) is 60.5. The van der Waals surface area contributed by atoms with Crippen molar-refractivity contribution in [3.8, 4) is 11.4 Å². The molecule has 2 aliphatic rings. The third-order valence-corrected chi connectivity index (χ3v) is 16.1. The molecule has 2 fully saturated rings. The van der Waals surface area contributed by atoms with Crippen molar-refractivity contribution in [3.05, 3.63) is 120 Å². The van der Waals surface area contributed by atoms with Crippen molar-refractivity contribution in [2.45, 2.75) is 143 Å². The molecule has 6 heterocycles. The maximum absolute atomic E-state index is 13.8. The van der Waals surface area contributed by atoms with E-state index in [0.717, 1.165) is 94.8 Å². The number of amides is 5. The highest BCUT2D eigenvalue weighted by Crippen LogP contribution is 2.36. The standard InChI is InChI=1S/C33H45N5O4.C32H44N6O4/c1-6-42-18-8-7-14-30(39)27-11-9-12-29-26(27)15-17-37(29)25-19-24(20-35-21-25)28-13-10-16-38(28)33(41)31(22(2)3)36-32(40)23(4)34-5;1-6-42-17-9-14-35-31(40)26-10-7-11-28-25(26)13-16-37(28)24-18-23(19-34-20-24)27-12-8-15-38(27)32(41)29(21(2)3)36-30(39)22(4)33-5/h9,11-12,15,17,19-23,28,31,34H,6-8,10,13-14,16,18H2,1-5H3,(H,36,40);7,10-11,13,16,18-22,27,29,33H,6,8-9,12,14-15,17H2,1-5H3,(H,35,40)(H,36,39)/t23-,28-,31-;22-,27-,29-/m00/s1. The lowest BCUT2D eigenvalue weighted by Gasteiger charge is -2.32. The molecular formula is C65H89N11O8. The molecule has 0 radical (unpaired) electrons. The molecule has 0 saturated carbocycles. The predicted molar refractivity (Wildman–Crippen MR) is 328 cm³/mol. The Labute approximate surface area is 495 Å². The van der Waals surface area contributed by atoms with Gasteiger partial charge < -0.3 is 55.0 Å². The number of nitrogens with zero attached hydrogens (tertiary/aromatic N) is 6. The van der Waals surface area contributed by atoms with Crippen LogP contribution in [-0.2, 0) is 28.7 Å². The Kier molecular flexibility index (Phi) is 23.7. The highest BCUT2D eigenvalue weighted by Gasteiger charge is 2.38. The number of rotatable bonds is 27. The highest BCUT2D eigenvalue weighted by molar-refractivity contribution is 6.08. The second-order valence-corrected chi connectivity index (χ2v) is 22.5. The summed E-state index contributed by atoms with van der Waals surface area (Å²) in [4.78, 5) is 91.6. The fraction of sp³-hybridized carbons (Fsp3) is 0.508. The van der Waals surface area contributed by atoms with Crippen molar-refractivity contribution in [3.63, 3.8) is 0 Å². The second-order valence-electron chi connectivity index (χ2n) is 22.5. The van der Waals surface area contributed by atoms with E-state index in [0.29, 0.717) is 58.0 Å². The number of carbonyl (C=O) groups excluding carboxylic acids is 6. The fourth-order valence-electron chi connectivity index (χ4n) is 11.1. The van der Waals surface area contributed by atoms with Gasteiger partial charge in [-0.1, -0.05) is 45.9 Å². The van der Waals surface area contributed by atoms with E-state index in [9.17, 15) is 28.8 Å². The molecule has 84 heavy (non-hydrogen) atoms. The van der Waals surface area contributed by atoms with Gasteiger partial charge >= 0.3 is 0 Å². The number of likely N-dealkylation sites (tertiary alicyclic amines) is 2. The van der Waals surface area contributed by atoms with Gasteiger partial charge in [0.15, 0.2) is 5.78 Å². The first-order valence-corrected chi connectivity index (χ1v) is 30.2. The molecule has 4 aromatic heterocycles. The van der Waals surface area contributed by atoms with E-state index in [1.54, 1.807) is 34.1 Å². The molecule has 0 unspecified atom stereocenters. The van der Waals surface area contributed by atoms with Crippen molar-refractivity contribution in [2.24, 2.45) is 11.8 Å². The molecule has 2 saturated heterocycles. The van der Waals surface area contributed by atoms with Crippen molar-refractivity contribution < 1.29 is 38.2 Å². The fourth-order valence-corrected chi connectivity index (χ4v) is 11.1. The molecule has 19 heteroatoms. The number of pyridine rings is 2. The predicted octanol–water partition coefficient (Wildman–Crippen LogP) is 8.42. The number of hydrogen-bond donors (Lipinski definition) is 5. The maximum atomic E-state index is 13.8. The van der Waals surface area contributed by atoms with Gasteiger partial charge in [-0.2, -0.15) is 0 Å². The molecule has 452 valence electrons. The third-order valence-electron chi connectivity index (χ3n) is 16.1. The minimum Gasteiger partial charge on any atom is -0.382 e. The quantitative estimate of drug-likeness (QED) is 0.0242. The van der Waals surface area contributed by atoms with Gasteiger partial charge in [-0.3, -0.25) is 38.7 Å². The van der Waals surface area contributed by atoms with E-state index < -0.39 is 18.1 Å². The molecule has 0 spiro atoms. The van der Waals surface area contributed by atoms with Crippen molar-refractivity contribution in [2.75, 3.05) is 60.2 Å². The van der Waals surface area contributed by atoms with Crippen LogP contribution in [0.5, 0.6) is 0 Å². The molecule has 2 aromatic carbocycles. The minimum absolute atomic E-state index is 0.0518. The lowest BCUT2D eigenvalue weighted by molar-refractivity contribution is -0.139. The summed E-state index contributed by atoms with van der Waals surface area (Å²) >= 11 is 0. The van der Waals surface area contributed by atoms with Crippen LogP contribution in [0.15, 0.2) is 97.8 Å². The molecular weight excluding hydrogens is 1060 g/mol. The van der Waals surface area contributed by atoms with Crippen LogP contribution >= 0.6 is 0 Å². The molecule has 8 rings (SSSR count). The third kappa shape index (κ3) is 15.7. The summed E-state index contributed by atoms with van der Waals surface area (Å²) in [5.74, 6) is -0.602. The highest BCUT2D eigenvalue weighted by atomic mass is 16.5. The minimum atomic E-state index is -0.609.